The van der Waals surface area contributed by atoms with Gasteiger partial charge in [0.05, 0.1) is 6.07 Å². The molecule has 94 heavy (non-hydrogen) atoms. The van der Waals surface area contributed by atoms with Crippen LogP contribution in [0.25, 0.3) is 0 Å². The van der Waals surface area contributed by atoms with Gasteiger partial charge in [-0.2, -0.15) is 5.26 Å². The number of hydrogen-bond acceptors (Lipinski definition) is 1. The predicted octanol–water partition coefficient (Wildman–Crippen LogP) is 30.3. The van der Waals surface area contributed by atoms with Gasteiger partial charge in [-0.15, -0.1) is 11.6 Å². The number of nitrogens with zero attached hydrogens (tertiary/aromatic N) is 1. The number of fused-ring (bicyclic) bond motifs is 30. The first-order valence-corrected chi connectivity index (χ1v) is 37.5. The molecule has 0 spiro atoms. The molecule has 40 atom stereocenters. The summed E-state index contributed by atoms with van der Waals surface area (Å²) in [7, 11) is 0. The van der Waals surface area contributed by atoms with Crippen LogP contribution in [0.5, 0.6) is 0 Å². The fraction of sp³-hybridized carbons (Fsp3) is 0.967. The Balaban J connectivity index is 0. The van der Waals surface area contributed by atoms with Crippen LogP contribution < -0.4 is 0 Å². The third-order valence-electron chi connectivity index (χ3n) is 34.3. The molecule has 40 unspecified atom stereocenters. The smallest absolute Gasteiger partial charge is 0.0658 e. The first-order chi connectivity index (χ1) is 38.3. The molecule has 0 aromatic rings. The van der Waals surface area contributed by atoms with Crippen LogP contribution in [0.1, 0.15) is 336 Å². The summed E-state index contributed by atoms with van der Waals surface area (Å²) in [6.45, 7) is 34.3. The van der Waals surface area contributed by atoms with Crippen molar-refractivity contribution in [1.29, 1.82) is 5.26 Å². The maximum Gasteiger partial charge on any atom is 0.0658 e. The zero-order chi connectivity index (χ0) is 56.1. The molecule has 0 saturated heterocycles. The van der Waals surface area contributed by atoms with Crippen molar-refractivity contribution in [1.82, 2.24) is 0 Å². The molecule has 562 valence electrons. The minimum absolute atomic E-state index is 0. The maximum atomic E-state index is 8.84. The molecule has 0 aromatic heterocycles. The Labute approximate surface area is 603 Å². The molecule has 2 heteroatoms. The van der Waals surface area contributed by atoms with Gasteiger partial charge in [-0.1, -0.05) is 219 Å². The van der Waals surface area contributed by atoms with Gasteiger partial charge in [-0.25, -0.2) is 0 Å². The van der Waals surface area contributed by atoms with Crippen LogP contribution in [0.15, 0.2) is 12.2 Å². The largest absolute Gasteiger partial charge is 0.198 e. The van der Waals surface area contributed by atoms with E-state index in [0.29, 0.717) is 11.3 Å². The molecule has 19 aliphatic carbocycles. The number of alkyl halides is 1. The van der Waals surface area contributed by atoms with Gasteiger partial charge in [-0.3, -0.25) is 0 Å². The van der Waals surface area contributed by atoms with Crippen LogP contribution in [0.4, 0.5) is 0 Å². The van der Waals surface area contributed by atoms with E-state index in [1.165, 1.54) is 80.5 Å². The van der Waals surface area contributed by atoms with Crippen molar-refractivity contribution in [3.05, 3.63) is 12.2 Å². The molecule has 0 amide bonds. The van der Waals surface area contributed by atoms with Crippen molar-refractivity contribution in [3.63, 3.8) is 0 Å². The van der Waals surface area contributed by atoms with Crippen molar-refractivity contribution in [3.8, 4) is 6.07 Å². The van der Waals surface area contributed by atoms with E-state index >= 15 is 0 Å². The topological polar surface area (TPSA) is 23.8 Å². The van der Waals surface area contributed by atoms with Crippen molar-refractivity contribution in [2.75, 3.05) is 0 Å². The lowest BCUT2D eigenvalue weighted by Crippen LogP contribution is -2.35. The Hall–Kier alpha value is -0.480. The normalized spacial score (nSPS) is 52.2. The van der Waals surface area contributed by atoms with Gasteiger partial charge in [0.25, 0.3) is 0 Å². The number of allylic oxidation sites excluding steroid dienone is 2. The number of nitriles is 1. The zero-order valence-electron chi connectivity index (χ0n) is 54.4. The van der Waals surface area contributed by atoms with E-state index in [2.05, 4.69) is 115 Å². The third-order valence-corrected chi connectivity index (χ3v) is 34.8. The summed E-state index contributed by atoms with van der Waals surface area (Å²) in [5.41, 5.74) is 0. The van der Waals surface area contributed by atoms with Crippen LogP contribution in [0.2, 0.25) is 0 Å². The lowest BCUT2D eigenvalue weighted by atomic mass is 9.64. The second-order valence-electron chi connectivity index (χ2n) is 35.7. The van der Waals surface area contributed by atoms with Crippen LogP contribution in [0, 0.1) is 242 Å². The Morgan fingerprint density at radius 3 is 1.06 bits per heavy atom. The average Bonchev–Trinajstić information content (AvgIpc) is 1.55. The molecule has 0 aromatic carbocycles. The van der Waals surface area contributed by atoms with E-state index in [0.717, 1.165) is 189 Å². The maximum absolute atomic E-state index is 8.84. The number of halogens is 1. The summed E-state index contributed by atoms with van der Waals surface area (Å²) in [4.78, 5) is 0. The van der Waals surface area contributed by atoms with Crippen LogP contribution in [0.3, 0.4) is 0 Å². The van der Waals surface area contributed by atoms with E-state index in [4.69, 9.17) is 16.9 Å². The van der Waals surface area contributed by atoms with Gasteiger partial charge >= 0.3 is 0 Å². The van der Waals surface area contributed by atoms with Gasteiger partial charge in [0.15, 0.2) is 0 Å². The van der Waals surface area contributed by atoms with Gasteiger partial charge in [0, 0.05) is 11.3 Å². The summed E-state index contributed by atoms with van der Waals surface area (Å²) >= 11 is 6.17. The van der Waals surface area contributed by atoms with Gasteiger partial charge in [0.2, 0.25) is 0 Å². The summed E-state index contributed by atoms with van der Waals surface area (Å²) in [5, 5.41) is 9.35. The van der Waals surface area contributed by atoms with Crippen LogP contribution in [-0.4, -0.2) is 5.38 Å². The SMILES string of the molecule is C.C.C.C.C.C.C.C.C.C.C.C.C.C.CC1C(C)C2CC1C1C3CCC(C3)C21.CC1C(C)C2CC1C1C=CCC12.CC1C(C)C2CC1C1CCCC21.CC1C2CC(C#N)C(C2)C1C.CC1C2CC(Cl)C(C2)C1C.CC1C2CCC(C2)C1C.CC1CC2C3CCC(C3)C2C1C. The average molecular weight is 1340 g/mol. The highest BCUT2D eigenvalue weighted by Crippen LogP contribution is 2.71. The fourth-order valence-electron chi connectivity index (χ4n) is 28.6. The Morgan fingerprint density at radius 2 is 0.638 bits per heavy atom. The summed E-state index contributed by atoms with van der Waals surface area (Å²) in [6.07, 6.45) is 36.8. The number of hydrogen-bond donors (Lipinski definition) is 0. The molecule has 19 aliphatic rings. The molecule has 19 rings (SSSR count). The molecule has 18 fully saturated rings. The Bertz CT molecular complexity index is 2130. The molecule has 0 N–H and O–H groups in total. The second kappa shape index (κ2) is 37.6. The summed E-state index contributed by atoms with van der Waals surface area (Å²) < 4.78 is 0. The van der Waals surface area contributed by atoms with Crippen molar-refractivity contribution in [2.24, 2.45) is 231 Å². The molecule has 0 heterocycles. The first-order valence-electron chi connectivity index (χ1n) is 37.0. The summed E-state index contributed by atoms with van der Waals surface area (Å²) in [5.74, 6) is 40.4. The highest BCUT2D eigenvalue weighted by Gasteiger charge is 2.64. The monoisotopic (exact) mass is 1340 g/mol. The van der Waals surface area contributed by atoms with Gasteiger partial charge < -0.3 is 0 Å². The highest BCUT2D eigenvalue weighted by atomic mass is 35.5. The zero-order valence-corrected chi connectivity index (χ0v) is 55.2. The third kappa shape index (κ3) is 16.0. The van der Waals surface area contributed by atoms with E-state index in [1.807, 2.05) is 0 Å². The van der Waals surface area contributed by atoms with Crippen LogP contribution >= 0.6 is 11.6 Å². The van der Waals surface area contributed by atoms with Gasteiger partial charge in [-0.05, 0) is 353 Å². The lowest BCUT2D eigenvalue weighted by molar-refractivity contribution is 0.0716. The van der Waals surface area contributed by atoms with E-state index in [9.17, 15) is 0 Å². The summed E-state index contributed by atoms with van der Waals surface area (Å²) in [6, 6.07) is 2.45. The molecular weight excluding hydrogens is 1150 g/mol. The fourth-order valence-corrected chi connectivity index (χ4v) is 29.1. The van der Waals surface area contributed by atoms with Gasteiger partial charge in [0.1, 0.15) is 0 Å². The minimum Gasteiger partial charge on any atom is -0.198 e. The number of rotatable bonds is 0. The lowest BCUT2D eigenvalue weighted by Gasteiger charge is -2.41. The van der Waals surface area contributed by atoms with Crippen LogP contribution in [-0.2, 0) is 0 Å². The van der Waals surface area contributed by atoms with Crippen molar-refractivity contribution in [2.45, 2.75) is 341 Å². The molecule has 16 bridgehead atoms. The molecular formula is C92H182ClN. The molecule has 0 aliphatic heterocycles. The van der Waals surface area contributed by atoms with E-state index in [1.54, 1.807) is 89.9 Å². The standard InChI is InChI=1S/C14H22.2C12H20.C12H18.C10H15N.C9H15Cl.C9H16.14CH4/c1-7-8(2)12-6-11(7)13-9-3-4-10(5-9)14(12)13;1-7-5-11-9-3-4-10(6-9)12(11)8(7)2;2*1-7-8(2)12-6-11(7)9-4-3-5-10(9)12;1-6-7(2)10-4-8(6)3-9(10)5-11;1-5-6(2)8-3-7(5)4-9(8)10;1-6-7(2)9-4-3-8(6)5-9;;;;;;;;;;;;;;/h7-14H,3-6H2,1-2H3;2*7-12H,3-6H2,1-2H3;3-4,7-12H,5-6H2,1-2H3;6-10H,3-4H2,1-2H3;5-9H,3-4H2,1-2H3;6-9H,3-5H2,1-2H3;14*1H4. The predicted molar refractivity (Wildman–Crippen MR) is 431 cm³/mol. The second-order valence-corrected chi connectivity index (χ2v) is 36.2. The molecule has 18 saturated carbocycles. The van der Waals surface area contributed by atoms with E-state index < -0.39 is 0 Å². The van der Waals surface area contributed by atoms with Crippen molar-refractivity contribution >= 4 is 11.6 Å². The quantitative estimate of drug-likeness (QED) is 0.135. The highest BCUT2D eigenvalue weighted by molar-refractivity contribution is 6.21. The molecule has 1 nitrogen and oxygen atoms in total. The Kier molecular flexibility index (Phi) is 38.3. The minimum atomic E-state index is 0. The Morgan fingerprint density at radius 1 is 0.277 bits per heavy atom. The first kappa shape index (κ1) is 95.6. The van der Waals surface area contributed by atoms with Crippen molar-refractivity contribution < 1.29 is 0 Å². The molecule has 0 radical (unpaired) electrons. The van der Waals surface area contributed by atoms with E-state index in [-0.39, 0.29) is 104 Å².